The zero-order valence-electron chi connectivity index (χ0n) is 17.6. The molecule has 2 aromatic heterocycles. The molecule has 0 bridgehead atoms. The van der Waals surface area contributed by atoms with Crippen LogP contribution >= 0.6 is 11.6 Å². The van der Waals surface area contributed by atoms with E-state index in [1.54, 1.807) is 11.9 Å². The molecule has 178 valence electrons. The van der Waals surface area contributed by atoms with Gasteiger partial charge in [-0.25, -0.2) is 24.6 Å². The minimum atomic E-state index is -0.448. The monoisotopic (exact) mass is 476 g/mol. The summed E-state index contributed by atoms with van der Waals surface area (Å²) >= 11 is 5.59. The lowest BCUT2D eigenvalue weighted by Gasteiger charge is -2.28. The van der Waals surface area contributed by atoms with Crippen molar-refractivity contribution >= 4 is 29.2 Å². The van der Waals surface area contributed by atoms with E-state index in [4.69, 9.17) is 26.9 Å². The summed E-state index contributed by atoms with van der Waals surface area (Å²) in [6, 6.07) is 0. The molecule has 0 aliphatic carbocycles. The second kappa shape index (κ2) is 13.1. The number of rotatable bonds is 3. The summed E-state index contributed by atoms with van der Waals surface area (Å²) in [5.74, 6) is 13.5. The molecule has 2 aliphatic rings. The number of anilines is 3. The number of ether oxygens (including phenoxy) is 2. The summed E-state index contributed by atoms with van der Waals surface area (Å²) in [4.78, 5) is 18.9. The number of nitrogens with zero attached hydrogens (tertiary/aromatic N) is 7. The van der Waals surface area contributed by atoms with Gasteiger partial charge >= 0.3 is 0 Å². The highest BCUT2D eigenvalue weighted by molar-refractivity contribution is 6.28. The Morgan fingerprint density at radius 2 is 1.31 bits per heavy atom. The van der Waals surface area contributed by atoms with Crippen LogP contribution in [0.2, 0.25) is 5.28 Å². The Kier molecular flexibility index (Phi) is 10.6. The predicted octanol–water partition coefficient (Wildman–Crippen LogP) is -0.313. The van der Waals surface area contributed by atoms with Gasteiger partial charge in [-0.2, -0.15) is 9.97 Å². The highest BCUT2D eigenvalue weighted by Gasteiger charge is 2.18. The fraction of sp³-hybridized carbons (Fsp3) is 0.529. The van der Waals surface area contributed by atoms with Gasteiger partial charge in [-0.15, -0.1) is 0 Å². The van der Waals surface area contributed by atoms with Crippen LogP contribution in [0.25, 0.3) is 0 Å². The third-order valence-corrected chi connectivity index (χ3v) is 4.53. The number of morpholine rings is 2. The molecule has 4 rings (SSSR count). The molecule has 0 atom stereocenters. The number of nitrogens with two attached hydrogens (primary N) is 3. The molecule has 32 heavy (non-hydrogen) atoms. The van der Waals surface area contributed by atoms with E-state index in [-0.39, 0.29) is 16.9 Å². The van der Waals surface area contributed by atoms with Crippen molar-refractivity contribution in [1.82, 2.24) is 19.9 Å². The number of halogens is 3. The zero-order chi connectivity index (χ0) is 23.5. The summed E-state index contributed by atoms with van der Waals surface area (Å²) in [5.41, 5.74) is 0. The van der Waals surface area contributed by atoms with Crippen molar-refractivity contribution in [3.63, 3.8) is 0 Å². The second-order valence-electron chi connectivity index (χ2n) is 6.46. The SMILES string of the molecule is CN(N)c1ncc(F)c(N2CCOCC2)n1.Fc1cnc(Cl)nc1N1CCOCC1.NN. The quantitative estimate of drug-likeness (QED) is 0.302. The highest BCUT2D eigenvalue weighted by Crippen LogP contribution is 2.19. The van der Waals surface area contributed by atoms with Crippen molar-refractivity contribution in [1.29, 1.82) is 0 Å². The molecular weight excluding hydrogens is 450 g/mol. The Hall–Kier alpha value is -2.49. The van der Waals surface area contributed by atoms with Crippen LogP contribution in [0.4, 0.5) is 26.4 Å². The van der Waals surface area contributed by atoms with Gasteiger partial charge in [0.05, 0.1) is 38.8 Å². The summed E-state index contributed by atoms with van der Waals surface area (Å²) in [5, 5.41) is 1.32. The summed E-state index contributed by atoms with van der Waals surface area (Å²) in [7, 11) is 1.61. The fourth-order valence-corrected chi connectivity index (χ4v) is 2.98. The number of hydrogen-bond donors (Lipinski definition) is 3. The Labute approximate surface area is 189 Å². The molecular formula is C17H27ClF2N10O2. The first kappa shape index (κ1) is 25.8. The largest absolute Gasteiger partial charge is 0.378 e. The number of hydrogen-bond acceptors (Lipinski definition) is 12. The van der Waals surface area contributed by atoms with Crippen LogP contribution in [0.1, 0.15) is 0 Å². The van der Waals surface area contributed by atoms with Gasteiger partial charge in [0, 0.05) is 33.2 Å². The van der Waals surface area contributed by atoms with E-state index in [0.29, 0.717) is 58.6 Å². The highest BCUT2D eigenvalue weighted by atomic mass is 35.5. The molecule has 2 fully saturated rings. The van der Waals surface area contributed by atoms with Crippen LogP contribution in [0.3, 0.4) is 0 Å². The van der Waals surface area contributed by atoms with Crippen LogP contribution < -0.4 is 32.3 Å². The third-order valence-electron chi connectivity index (χ3n) is 4.35. The molecule has 2 aliphatic heterocycles. The van der Waals surface area contributed by atoms with Gasteiger partial charge in [-0.1, -0.05) is 0 Å². The molecule has 2 aromatic rings. The number of hydrazine groups is 2. The summed E-state index contributed by atoms with van der Waals surface area (Å²) in [6.45, 7) is 4.84. The van der Waals surface area contributed by atoms with E-state index < -0.39 is 11.6 Å². The van der Waals surface area contributed by atoms with Crippen LogP contribution in [0.15, 0.2) is 12.4 Å². The van der Waals surface area contributed by atoms with Crippen LogP contribution in [-0.2, 0) is 9.47 Å². The van der Waals surface area contributed by atoms with Crippen molar-refractivity contribution in [2.45, 2.75) is 0 Å². The lowest BCUT2D eigenvalue weighted by Crippen LogP contribution is -2.38. The molecule has 0 spiro atoms. The van der Waals surface area contributed by atoms with Crippen molar-refractivity contribution in [2.75, 3.05) is 74.5 Å². The van der Waals surface area contributed by atoms with Crippen molar-refractivity contribution in [2.24, 2.45) is 17.5 Å². The van der Waals surface area contributed by atoms with Crippen molar-refractivity contribution in [3.8, 4) is 0 Å². The minimum Gasteiger partial charge on any atom is -0.378 e. The van der Waals surface area contributed by atoms with Gasteiger partial charge in [-0.3, -0.25) is 16.7 Å². The maximum Gasteiger partial charge on any atom is 0.241 e. The Morgan fingerprint density at radius 1 is 0.875 bits per heavy atom. The Morgan fingerprint density at radius 3 is 1.78 bits per heavy atom. The van der Waals surface area contributed by atoms with E-state index in [1.807, 2.05) is 4.90 Å². The van der Waals surface area contributed by atoms with E-state index >= 15 is 0 Å². The molecule has 2 saturated heterocycles. The van der Waals surface area contributed by atoms with Crippen LogP contribution in [0, 0.1) is 11.6 Å². The van der Waals surface area contributed by atoms with E-state index in [9.17, 15) is 8.78 Å². The van der Waals surface area contributed by atoms with E-state index in [0.717, 1.165) is 12.4 Å². The maximum atomic E-state index is 13.6. The first-order chi connectivity index (χ1) is 15.5. The van der Waals surface area contributed by atoms with Gasteiger partial charge in [0.25, 0.3) is 0 Å². The molecule has 12 nitrogen and oxygen atoms in total. The average molecular weight is 477 g/mol. The minimum absolute atomic E-state index is 0.0629. The zero-order valence-corrected chi connectivity index (χ0v) is 18.4. The normalized spacial score (nSPS) is 15.8. The van der Waals surface area contributed by atoms with Crippen molar-refractivity contribution in [3.05, 3.63) is 29.3 Å². The molecule has 0 radical (unpaired) electrons. The van der Waals surface area contributed by atoms with E-state index in [1.165, 1.54) is 5.01 Å². The fourth-order valence-electron chi connectivity index (χ4n) is 2.85. The smallest absolute Gasteiger partial charge is 0.241 e. The van der Waals surface area contributed by atoms with Crippen LogP contribution in [-0.4, -0.2) is 79.6 Å². The maximum absolute atomic E-state index is 13.6. The Bertz CT molecular complexity index is 839. The van der Waals surface area contributed by atoms with Gasteiger partial charge in [0.1, 0.15) is 0 Å². The molecule has 0 amide bonds. The van der Waals surface area contributed by atoms with Gasteiger partial charge in [-0.05, 0) is 11.6 Å². The molecule has 4 heterocycles. The molecule has 0 saturated carbocycles. The van der Waals surface area contributed by atoms with E-state index in [2.05, 4.69) is 31.6 Å². The van der Waals surface area contributed by atoms with Gasteiger partial charge in [0.2, 0.25) is 11.2 Å². The Balaban J connectivity index is 0.000000212. The molecule has 0 unspecified atom stereocenters. The molecule has 0 aromatic carbocycles. The van der Waals surface area contributed by atoms with Gasteiger partial charge in [0.15, 0.2) is 23.3 Å². The third kappa shape index (κ3) is 7.29. The van der Waals surface area contributed by atoms with Gasteiger partial charge < -0.3 is 19.3 Å². The predicted molar refractivity (Wildman–Crippen MR) is 116 cm³/mol. The number of aromatic nitrogens is 4. The van der Waals surface area contributed by atoms with Crippen LogP contribution in [0.5, 0.6) is 0 Å². The molecule has 15 heteroatoms. The van der Waals surface area contributed by atoms with Crippen molar-refractivity contribution < 1.29 is 18.3 Å². The lowest BCUT2D eigenvalue weighted by atomic mass is 10.4. The first-order valence-corrected chi connectivity index (χ1v) is 10.0. The topological polar surface area (TPSA) is 158 Å². The second-order valence-corrected chi connectivity index (χ2v) is 6.80. The molecule has 6 N–H and O–H groups in total. The average Bonchev–Trinajstić information content (AvgIpc) is 2.83. The summed E-state index contributed by atoms with van der Waals surface area (Å²) in [6.07, 6.45) is 2.22. The summed E-state index contributed by atoms with van der Waals surface area (Å²) < 4.78 is 37.2. The standard InChI is InChI=1S/C9H14FN5O.C8H9ClFN3O.H4N2/c1-14(11)9-12-6-7(10)8(13-9)15-2-4-16-5-3-15;9-8-11-5-6(10)7(12-8)13-1-3-14-4-2-13;1-2/h6H,2-5,11H2,1H3;5H,1-4H2;1-2H2. The first-order valence-electron chi connectivity index (χ1n) is 9.63. The lowest BCUT2D eigenvalue weighted by molar-refractivity contribution is 0.122.